The molecule has 2 aliphatic carbocycles. The largest absolute Gasteiger partial charge is 0.346 e. The average Bonchev–Trinajstić information content (AvgIpc) is 3.00. The molecule has 2 saturated carbocycles. The Kier molecular flexibility index (Phi) is 3.39. The Hall–Kier alpha value is -0.900. The van der Waals surface area contributed by atoms with Crippen LogP contribution in [0.2, 0.25) is 0 Å². The van der Waals surface area contributed by atoms with Crippen molar-refractivity contribution in [3.63, 3.8) is 0 Å². The number of aromatic nitrogens is 1. The number of hydrogen-bond donors (Lipinski definition) is 1. The third-order valence-corrected chi connectivity index (χ3v) is 6.29. The number of carbonyl (C=O) groups excluding carboxylic acids is 1. The zero-order valence-electron chi connectivity index (χ0n) is 12.7. The molecule has 20 heavy (non-hydrogen) atoms. The summed E-state index contributed by atoms with van der Waals surface area (Å²) in [6.45, 7) is 6.41. The quantitative estimate of drug-likeness (QED) is 0.898. The Bertz CT molecular complexity index is 505. The maximum absolute atomic E-state index is 12.5. The monoisotopic (exact) mass is 292 g/mol. The SMILES string of the molecule is CC(C)(C)c1ncc(C(=O)NC23CCCC2CCC3)s1. The van der Waals surface area contributed by atoms with E-state index >= 15 is 0 Å². The fourth-order valence-electron chi connectivity index (χ4n) is 3.80. The highest BCUT2D eigenvalue weighted by molar-refractivity contribution is 7.13. The van der Waals surface area contributed by atoms with Crippen LogP contribution in [0.5, 0.6) is 0 Å². The molecule has 0 aromatic carbocycles. The standard InChI is InChI=1S/C16H24N2OS/c1-15(2,3)14-17-10-12(20-14)13(19)18-16-8-4-6-11(16)7-5-9-16/h10-11H,4-9H2,1-3H3,(H,18,19). The molecule has 0 unspecified atom stereocenters. The lowest BCUT2D eigenvalue weighted by atomic mass is 9.90. The summed E-state index contributed by atoms with van der Waals surface area (Å²) >= 11 is 1.54. The van der Waals surface area contributed by atoms with Crippen molar-refractivity contribution in [2.45, 2.75) is 70.3 Å². The molecule has 1 amide bonds. The summed E-state index contributed by atoms with van der Waals surface area (Å²) in [6.07, 6.45) is 9.17. The molecule has 0 spiro atoms. The second-order valence-electron chi connectivity index (χ2n) is 7.37. The van der Waals surface area contributed by atoms with Gasteiger partial charge < -0.3 is 5.32 Å². The molecule has 3 nitrogen and oxygen atoms in total. The van der Waals surface area contributed by atoms with Gasteiger partial charge in [0.05, 0.1) is 11.2 Å². The Labute approximate surface area is 125 Å². The van der Waals surface area contributed by atoms with E-state index in [-0.39, 0.29) is 16.9 Å². The summed E-state index contributed by atoms with van der Waals surface area (Å²) in [5.74, 6) is 0.799. The number of nitrogens with zero attached hydrogens (tertiary/aromatic N) is 1. The van der Waals surface area contributed by atoms with Crippen LogP contribution >= 0.6 is 11.3 Å². The van der Waals surface area contributed by atoms with Gasteiger partial charge in [-0.25, -0.2) is 4.98 Å². The summed E-state index contributed by atoms with van der Waals surface area (Å²) in [5.41, 5.74) is 0.119. The van der Waals surface area contributed by atoms with Crippen LogP contribution < -0.4 is 5.32 Å². The van der Waals surface area contributed by atoms with Crippen LogP contribution in [0.15, 0.2) is 6.20 Å². The molecule has 3 rings (SSSR count). The first-order valence-electron chi connectivity index (χ1n) is 7.70. The van der Waals surface area contributed by atoms with Crippen molar-refractivity contribution in [2.24, 2.45) is 5.92 Å². The first-order valence-corrected chi connectivity index (χ1v) is 8.51. The summed E-state index contributed by atoms with van der Waals surface area (Å²) in [7, 11) is 0. The minimum Gasteiger partial charge on any atom is -0.346 e. The maximum Gasteiger partial charge on any atom is 0.263 e. The molecule has 0 radical (unpaired) electrons. The molecule has 0 atom stereocenters. The molecule has 2 fully saturated rings. The molecule has 0 saturated heterocycles. The molecule has 2 aliphatic rings. The average molecular weight is 292 g/mol. The van der Waals surface area contributed by atoms with E-state index in [4.69, 9.17) is 0 Å². The molecular formula is C16H24N2OS. The van der Waals surface area contributed by atoms with Crippen molar-refractivity contribution in [3.8, 4) is 0 Å². The van der Waals surface area contributed by atoms with Crippen LogP contribution in [-0.2, 0) is 5.41 Å². The smallest absolute Gasteiger partial charge is 0.263 e. The Morgan fingerprint density at radius 3 is 2.55 bits per heavy atom. The number of amides is 1. The van der Waals surface area contributed by atoms with Crippen LogP contribution in [0.4, 0.5) is 0 Å². The van der Waals surface area contributed by atoms with Gasteiger partial charge in [0, 0.05) is 11.0 Å². The highest BCUT2D eigenvalue weighted by atomic mass is 32.1. The van der Waals surface area contributed by atoms with Gasteiger partial charge in [-0.3, -0.25) is 4.79 Å². The van der Waals surface area contributed by atoms with Crippen molar-refractivity contribution in [1.82, 2.24) is 10.3 Å². The first kappa shape index (κ1) is 14.1. The molecule has 1 heterocycles. The molecule has 4 heteroatoms. The van der Waals surface area contributed by atoms with Gasteiger partial charge in [-0.1, -0.05) is 33.6 Å². The number of fused-ring (bicyclic) bond motifs is 1. The zero-order chi connectivity index (χ0) is 14.4. The second kappa shape index (κ2) is 4.83. The molecule has 0 bridgehead atoms. The normalized spacial score (nSPS) is 29.4. The van der Waals surface area contributed by atoms with Crippen molar-refractivity contribution in [3.05, 3.63) is 16.1 Å². The van der Waals surface area contributed by atoms with Gasteiger partial charge in [0.2, 0.25) is 0 Å². The molecule has 1 N–H and O–H groups in total. The number of carbonyl (C=O) groups is 1. The lowest BCUT2D eigenvalue weighted by Crippen LogP contribution is -2.48. The van der Waals surface area contributed by atoms with Gasteiger partial charge >= 0.3 is 0 Å². The highest BCUT2D eigenvalue weighted by Gasteiger charge is 2.47. The Morgan fingerprint density at radius 1 is 1.35 bits per heavy atom. The van der Waals surface area contributed by atoms with Crippen LogP contribution in [0.3, 0.4) is 0 Å². The van der Waals surface area contributed by atoms with Crippen molar-refractivity contribution in [2.75, 3.05) is 0 Å². The predicted octanol–water partition coefficient (Wildman–Crippen LogP) is 3.89. The van der Waals surface area contributed by atoms with Gasteiger partial charge in [0.1, 0.15) is 4.88 Å². The summed E-state index contributed by atoms with van der Waals surface area (Å²) in [4.78, 5) is 17.7. The number of thiazole rings is 1. The van der Waals surface area contributed by atoms with E-state index in [9.17, 15) is 4.79 Å². The van der Waals surface area contributed by atoms with E-state index in [2.05, 4.69) is 31.1 Å². The van der Waals surface area contributed by atoms with Crippen molar-refractivity contribution >= 4 is 17.2 Å². The van der Waals surface area contributed by atoms with Gasteiger partial charge in [-0.2, -0.15) is 0 Å². The Balaban J connectivity index is 1.75. The lowest BCUT2D eigenvalue weighted by Gasteiger charge is -2.30. The molecule has 1 aromatic rings. The zero-order valence-corrected chi connectivity index (χ0v) is 13.5. The number of rotatable bonds is 2. The van der Waals surface area contributed by atoms with E-state index in [0.29, 0.717) is 5.92 Å². The van der Waals surface area contributed by atoms with Gasteiger partial charge in [0.25, 0.3) is 5.91 Å². The topological polar surface area (TPSA) is 42.0 Å². The number of nitrogens with one attached hydrogen (secondary N) is 1. The van der Waals surface area contributed by atoms with Crippen LogP contribution in [0.1, 0.15) is 74.0 Å². The maximum atomic E-state index is 12.5. The van der Waals surface area contributed by atoms with Crippen molar-refractivity contribution < 1.29 is 4.79 Å². The number of hydrogen-bond acceptors (Lipinski definition) is 3. The van der Waals surface area contributed by atoms with E-state index < -0.39 is 0 Å². The molecule has 0 aliphatic heterocycles. The summed E-state index contributed by atoms with van der Waals surface area (Å²) < 4.78 is 0. The Morgan fingerprint density at radius 2 is 2.00 bits per heavy atom. The third kappa shape index (κ3) is 2.39. The lowest BCUT2D eigenvalue weighted by molar-refractivity contribution is 0.0889. The van der Waals surface area contributed by atoms with Crippen LogP contribution in [0.25, 0.3) is 0 Å². The van der Waals surface area contributed by atoms with E-state index in [0.717, 1.165) is 22.7 Å². The third-order valence-electron chi connectivity index (χ3n) is 4.87. The minimum atomic E-state index is 0.0186. The molecule has 1 aromatic heterocycles. The van der Waals surface area contributed by atoms with Gasteiger partial charge in [0.15, 0.2) is 0 Å². The second-order valence-corrected chi connectivity index (χ2v) is 8.40. The van der Waals surface area contributed by atoms with Gasteiger partial charge in [-0.05, 0) is 31.6 Å². The minimum absolute atomic E-state index is 0.0186. The predicted molar refractivity (Wildman–Crippen MR) is 82.2 cm³/mol. The van der Waals surface area contributed by atoms with Crippen LogP contribution in [-0.4, -0.2) is 16.4 Å². The molecule has 110 valence electrons. The highest BCUT2D eigenvalue weighted by Crippen LogP contribution is 2.47. The van der Waals surface area contributed by atoms with E-state index in [1.165, 1.54) is 37.0 Å². The van der Waals surface area contributed by atoms with Gasteiger partial charge in [-0.15, -0.1) is 11.3 Å². The van der Waals surface area contributed by atoms with Crippen molar-refractivity contribution in [1.29, 1.82) is 0 Å². The van der Waals surface area contributed by atoms with E-state index in [1.807, 2.05) is 0 Å². The van der Waals surface area contributed by atoms with Crippen LogP contribution in [0, 0.1) is 5.92 Å². The summed E-state index contributed by atoms with van der Waals surface area (Å²) in [6, 6.07) is 0. The van der Waals surface area contributed by atoms with E-state index in [1.54, 1.807) is 6.20 Å². The fourth-order valence-corrected chi connectivity index (χ4v) is 4.67. The summed E-state index contributed by atoms with van der Waals surface area (Å²) in [5, 5.41) is 4.40. The molecular weight excluding hydrogens is 268 g/mol. The fraction of sp³-hybridized carbons (Fsp3) is 0.750. The first-order chi connectivity index (χ1) is 9.41.